The van der Waals surface area contributed by atoms with E-state index in [1.807, 2.05) is 0 Å². The summed E-state index contributed by atoms with van der Waals surface area (Å²) in [5.74, 6) is -0.458. The smallest absolute Gasteiger partial charge is 0.390 e. The van der Waals surface area contributed by atoms with E-state index in [0.29, 0.717) is 0 Å². The van der Waals surface area contributed by atoms with Crippen LogP contribution in [0.5, 0.6) is 0 Å². The van der Waals surface area contributed by atoms with Crippen LogP contribution in [0, 0.1) is 10.1 Å². The highest BCUT2D eigenvalue weighted by atomic mass is 18.2. The third kappa shape index (κ3) is 2.70. The Kier molecular flexibility index (Phi) is 3.69. The van der Waals surface area contributed by atoms with Crippen LogP contribution in [0.4, 0.5) is 10.3 Å². The maximum absolute atomic E-state index is 12.0. The molecule has 84 valence electrons. The summed E-state index contributed by atoms with van der Waals surface area (Å²) in [5, 5.41) is 28.6. The Balaban J connectivity index is 2.72. The normalized spacial score (nSPS) is 14.9. The van der Waals surface area contributed by atoms with E-state index in [4.69, 9.17) is 5.11 Å². The van der Waals surface area contributed by atoms with E-state index in [1.54, 1.807) is 0 Å². The Morgan fingerprint density at radius 2 is 2.27 bits per heavy atom. The van der Waals surface area contributed by atoms with Crippen LogP contribution in [0.25, 0.3) is 0 Å². The first-order valence-electron chi connectivity index (χ1n) is 4.14. The standard InChI is InChI=1S/C7H10FN3O4/c8-3-5(12)6(13)4-10-2-1-9-7(10)11(14)15/h1-2,5-6,12-13H,3-4H2/t5-,6-/m1/s1/i8-1. The molecular formula is C7H10FN3O4. The van der Waals surface area contributed by atoms with Gasteiger partial charge in [0.25, 0.3) is 0 Å². The van der Waals surface area contributed by atoms with Gasteiger partial charge < -0.3 is 20.3 Å². The molecule has 0 aliphatic heterocycles. The number of hydrogen-bond donors (Lipinski definition) is 2. The monoisotopic (exact) mass is 218 g/mol. The first-order valence-corrected chi connectivity index (χ1v) is 4.14. The van der Waals surface area contributed by atoms with E-state index in [9.17, 15) is 19.6 Å². The number of halogens is 1. The van der Waals surface area contributed by atoms with Crippen molar-refractivity contribution in [1.29, 1.82) is 0 Å². The van der Waals surface area contributed by atoms with Crippen molar-refractivity contribution in [3.63, 3.8) is 0 Å². The van der Waals surface area contributed by atoms with Gasteiger partial charge in [-0.1, -0.05) is 4.98 Å². The molecule has 0 amide bonds. The Morgan fingerprint density at radius 3 is 2.80 bits per heavy atom. The quantitative estimate of drug-likeness (QED) is 0.511. The summed E-state index contributed by atoms with van der Waals surface area (Å²) < 4.78 is 13.0. The third-order valence-electron chi connectivity index (χ3n) is 1.84. The van der Waals surface area contributed by atoms with Crippen molar-refractivity contribution in [1.82, 2.24) is 9.55 Å². The van der Waals surface area contributed by atoms with Crippen LogP contribution in [0.2, 0.25) is 0 Å². The molecule has 0 unspecified atom stereocenters. The molecule has 0 saturated carbocycles. The van der Waals surface area contributed by atoms with E-state index in [-0.39, 0.29) is 6.54 Å². The van der Waals surface area contributed by atoms with Crippen LogP contribution in [0.15, 0.2) is 12.4 Å². The van der Waals surface area contributed by atoms with Gasteiger partial charge in [-0.05, 0) is 4.92 Å². The third-order valence-corrected chi connectivity index (χ3v) is 1.84. The van der Waals surface area contributed by atoms with Gasteiger partial charge in [0, 0.05) is 0 Å². The van der Waals surface area contributed by atoms with Gasteiger partial charge in [0.2, 0.25) is 0 Å². The van der Waals surface area contributed by atoms with Gasteiger partial charge in [0.1, 0.15) is 37.8 Å². The molecule has 15 heavy (non-hydrogen) atoms. The van der Waals surface area contributed by atoms with Gasteiger partial charge in [-0.15, -0.1) is 0 Å². The zero-order valence-electron chi connectivity index (χ0n) is 7.65. The topological polar surface area (TPSA) is 101 Å². The minimum absolute atomic E-state index is 0.276. The minimum atomic E-state index is -1.55. The molecule has 1 aromatic rings. The van der Waals surface area contributed by atoms with Crippen molar-refractivity contribution >= 4 is 5.95 Å². The first kappa shape index (κ1) is 11.5. The molecule has 8 heteroatoms. The number of hydrogen-bond acceptors (Lipinski definition) is 5. The number of aliphatic hydroxyl groups is 2. The van der Waals surface area contributed by atoms with Gasteiger partial charge in [0.15, 0.2) is 0 Å². The predicted molar refractivity (Wildman–Crippen MR) is 46.9 cm³/mol. The fourth-order valence-electron chi connectivity index (χ4n) is 1.04. The van der Waals surface area contributed by atoms with Crippen molar-refractivity contribution < 1.29 is 19.5 Å². The molecule has 0 saturated heterocycles. The molecule has 0 radical (unpaired) electrons. The molecular weight excluding hydrogens is 208 g/mol. The predicted octanol–water partition coefficient (Wildman–Crippen LogP) is -0.517. The van der Waals surface area contributed by atoms with E-state index < -0.39 is 29.8 Å². The van der Waals surface area contributed by atoms with Crippen molar-refractivity contribution in [3.05, 3.63) is 22.5 Å². The van der Waals surface area contributed by atoms with Gasteiger partial charge in [-0.2, -0.15) is 0 Å². The maximum atomic E-state index is 12.0. The summed E-state index contributed by atoms with van der Waals surface area (Å²) in [6.07, 6.45) is -0.492. The maximum Gasteiger partial charge on any atom is 0.434 e. The average Bonchev–Trinajstić information content (AvgIpc) is 2.64. The lowest BCUT2D eigenvalue weighted by atomic mass is 10.2. The molecule has 0 aromatic carbocycles. The van der Waals surface area contributed by atoms with E-state index in [2.05, 4.69) is 4.98 Å². The molecule has 0 aliphatic rings. The lowest BCUT2D eigenvalue weighted by Gasteiger charge is -2.13. The molecule has 1 heterocycles. The van der Waals surface area contributed by atoms with E-state index in [0.717, 1.165) is 4.57 Å². The number of alkyl halides is 1. The lowest BCUT2D eigenvalue weighted by Crippen LogP contribution is -2.32. The Hall–Kier alpha value is -1.54. The average molecular weight is 218 g/mol. The largest absolute Gasteiger partial charge is 0.434 e. The van der Waals surface area contributed by atoms with Crippen LogP contribution >= 0.6 is 0 Å². The minimum Gasteiger partial charge on any atom is -0.390 e. The van der Waals surface area contributed by atoms with Gasteiger partial charge in [-0.25, -0.2) is 8.96 Å². The number of nitro groups is 1. The molecule has 2 atom stereocenters. The van der Waals surface area contributed by atoms with Crippen molar-refractivity contribution in [3.8, 4) is 0 Å². The summed E-state index contributed by atoms with van der Waals surface area (Å²) in [4.78, 5) is 13.1. The summed E-state index contributed by atoms with van der Waals surface area (Å²) in [6, 6.07) is 0. The molecule has 0 fully saturated rings. The molecule has 7 nitrogen and oxygen atoms in total. The number of imidazole rings is 1. The second kappa shape index (κ2) is 4.80. The molecule has 1 aromatic heterocycles. The zero-order valence-corrected chi connectivity index (χ0v) is 7.65. The summed E-state index contributed by atoms with van der Waals surface area (Å²) in [6.45, 7) is -1.38. The molecule has 0 bridgehead atoms. The molecule has 2 N–H and O–H groups in total. The number of nitrogens with zero attached hydrogens (tertiary/aromatic N) is 3. The van der Waals surface area contributed by atoms with Crippen LogP contribution in [-0.4, -0.2) is 43.6 Å². The highest BCUT2D eigenvalue weighted by molar-refractivity contribution is 5.06. The Labute approximate surface area is 83.9 Å². The van der Waals surface area contributed by atoms with E-state index >= 15 is 0 Å². The molecule has 0 aliphatic carbocycles. The van der Waals surface area contributed by atoms with E-state index in [1.165, 1.54) is 12.4 Å². The second-order valence-corrected chi connectivity index (χ2v) is 2.93. The van der Waals surface area contributed by atoms with Gasteiger partial charge >= 0.3 is 5.95 Å². The Morgan fingerprint density at radius 1 is 1.60 bits per heavy atom. The zero-order chi connectivity index (χ0) is 11.4. The van der Waals surface area contributed by atoms with Crippen LogP contribution < -0.4 is 0 Å². The Bertz CT molecular complexity index is 343. The molecule has 0 spiro atoms. The second-order valence-electron chi connectivity index (χ2n) is 2.93. The van der Waals surface area contributed by atoms with Crippen molar-refractivity contribution in [2.75, 3.05) is 6.67 Å². The van der Waals surface area contributed by atoms with Gasteiger partial charge in [0.05, 0.1) is 0 Å². The van der Waals surface area contributed by atoms with Gasteiger partial charge in [-0.3, -0.25) is 0 Å². The van der Waals surface area contributed by atoms with Crippen LogP contribution in [-0.2, 0) is 6.54 Å². The lowest BCUT2D eigenvalue weighted by molar-refractivity contribution is -0.397. The fraction of sp³-hybridized carbons (Fsp3) is 0.571. The summed E-state index contributed by atoms with van der Waals surface area (Å²) in [7, 11) is 0. The number of aromatic nitrogens is 2. The summed E-state index contributed by atoms with van der Waals surface area (Å²) >= 11 is 0. The van der Waals surface area contributed by atoms with Crippen LogP contribution in [0.3, 0.4) is 0 Å². The highest BCUT2D eigenvalue weighted by Crippen LogP contribution is 2.09. The van der Waals surface area contributed by atoms with Crippen molar-refractivity contribution in [2.24, 2.45) is 0 Å². The number of rotatable bonds is 5. The first-order chi connectivity index (χ1) is 7.06. The fourth-order valence-corrected chi connectivity index (χ4v) is 1.04. The highest BCUT2D eigenvalue weighted by Gasteiger charge is 2.22. The number of aliphatic hydroxyl groups excluding tert-OH is 2. The SMILES string of the molecule is O=[N+]([O-])c1nccn1C[C@@H](O)[C@H](O)C[18F]. The van der Waals surface area contributed by atoms with Crippen molar-refractivity contribution in [2.45, 2.75) is 18.8 Å². The van der Waals surface area contributed by atoms with Crippen LogP contribution in [0.1, 0.15) is 0 Å². The summed E-state index contributed by atoms with van der Waals surface area (Å²) in [5.41, 5.74) is 0. The molecule has 1 rings (SSSR count).